The molecule has 1 nitrogen and oxygen atoms in total. The zero-order valence-corrected chi connectivity index (χ0v) is 31.7. The normalized spacial score (nSPS) is 15.2. The number of anilines is 2. The molecule has 10 rings (SSSR count). The van der Waals surface area contributed by atoms with Crippen LogP contribution in [0.4, 0.5) is 11.4 Å². The van der Waals surface area contributed by atoms with Crippen LogP contribution in [-0.4, -0.2) is 6.04 Å². The molecule has 0 aliphatic heterocycles. The lowest BCUT2D eigenvalue weighted by molar-refractivity contribution is 0.705. The minimum absolute atomic E-state index is 0.0160. The number of benzene rings is 8. The van der Waals surface area contributed by atoms with Crippen molar-refractivity contribution in [2.75, 3.05) is 4.90 Å². The van der Waals surface area contributed by atoms with Crippen LogP contribution < -0.4 is 4.90 Å². The number of thiophene rings is 1. The molecule has 8 aromatic carbocycles. The van der Waals surface area contributed by atoms with Gasteiger partial charge in [0, 0.05) is 37.5 Å². The molecule has 2 atom stereocenters. The number of allylic oxidation sites excluding steroid dienone is 2. The second-order valence-electron chi connectivity index (χ2n) is 14.4. The van der Waals surface area contributed by atoms with Crippen molar-refractivity contribution in [2.45, 2.75) is 12.0 Å². The number of nitrogens with zero attached hydrogens (tertiary/aromatic N) is 1. The van der Waals surface area contributed by atoms with E-state index in [9.17, 15) is 0 Å². The topological polar surface area (TPSA) is 3.24 Å². The van der Waals surface area contributed by atoms with Crippen LogP contribution in [0.15, 0.2) is 224 Å². The first-order valence-corrected chi connectivity index (χ1v) is 20.2. The summed E-state index contributed by atoms with van der Waals surface area (Å²) < 4.78 is 2.64. The van der Waals surface area contributed by atoms with Crippen LogP contribution in [0, 0.1) is 0 Å². The zero-order chi connectivity index (χ0) is 37.3. The van der Waals surface area contributed by atoms with E-state index in [2.05, 4.69) is 229 Å². The molecule has 0 amide bonds. The maximum Gasteiger partial charge on any atom is 0.0635 e. The molecular weight excluding hydrogens is 695 g/mol. The Labute approximate surface area is 332 Å². The molecule has 0 radical (unpaired) electrons. The van der Waals surface area contributed by atoms with Gasteiger partial charge in [0.25, 0.3) is 0 Å². The van der Waals surface area contributed by atoms with Crippen molar-refractivity contribution in [3.8, 4) is 33.4 Å². The summed E-state index contributed by atoms with van der Waals surface area (Å²) in [6, 6.07) is 75.2. The van der Waals surface area contributed by atoms with E-state index < -0.39 is 0 Å². The predicted molar refractivity (Wildman–Crippen MR) is 241 cm³/mol. The lowest BCUT2D eigenvalue weighted by Crippen LogP contribution is -2.37. The van der Waals surface area contributed by atoms with Crippen molar-refractivity contribution in [1.29, 1.82) is 0 Å². The molecule has 266 valence electrons. The monoisotopic (exact) mass is 733 g/mol. The summed E-state index contributed by atoms with van der Waals surface area (Å²) in [5, 5.41) is 2.63. The van der Waals surface area contributed by atoms with Crippen molar-refractivity contribution in [1.82, 2.24) is 0 Å². The van der Waals surface area contributed by atoms with Gasteiger partial charge in [-0.25, -0.2) is 0 Å². The summed E-state index contributed by atoms with van der Waals surface area (Å²) in [5.74, 6) is 0.0160. The first-order valence-electron chi connectivity index (χ1n) is 19.3. The summed E-state index contributed by atoms with van der Waals surface area (Å²) in [6.07, 6.45) is 7.00. The number of rotatable bonds is 8. The number of fused-ring (bicyclic) bond motifs is 3. The molecule has 1 aliphatic rings. The van der Waals surface area contributed by atoms with Gasteiger partial charge in [0.1, 0.15) is 0 Å². The van der Waals surface area contributed by atoms with E-state index in [-0.39, 0.29) is 12.0 Å². The molecule has 0 saturated carbocycles. The van der Waals surface area contributed by atoms with Gasteiger partial charge in [-0.1, -0.05) is 194 Å². The largest absolute Gasteiger partial charge is 0.334 e. The van der Waals surface area contributed by atoms with Gasteiger partial charge in [0.2, 0.25) is 0 Å². The fourth-order valence-electron chi connectivity index (χ4n) is 8.55. The van der Waals surface area contributed by atoms with E-state index in [0.717, 1.165) is 11.4 Å². The Morgan fingerprint density at radius 2 is 1.00 bits per heavy atom. The summed E-state index contributed by atoms with van der Waals surface area (Å²) >= 11 is 1.88. The molecule has 9 aromatic rings. The third-order valence-corrected chi connectivity index (χ3v) is 12.4. The van der Waals surface area contributed by atoms with Crippen LogP contribution in [0.25, 0.3) is 59.1 Å². The van der Waals surface area contributed by atoms with E-state index in [1.54, 1.807) is 0 Å². The quantitative estimate of drug-likeness (QED) is 0.150. The molecule has 56 heavy (non-hydrogen) atoms. The minimum Gasteiger partial charge on any atom is -0.334 e. The molecule has 0 saturated heterocycles. The lowest BCUT2D eigenvalue weighted by atomic mass is 9.75. The Hall–Kier alpha value is -6.74. The second kappa shape index (κ2) is 14.8. The minimum atomic E-state index is -0.0435. The fraction of sp³-hybridized carbons (Fsp3) is 0.0370. The first kappa shape index (κ1) is 33.8. The molecule has 2 unspecified atom stereocenters. The molecular formula is C54H39NS. The van der Waals surface area contributed by atoms with Crippen molar-refractivity contribution in [3.63, 3.8) is 0 Å². The average Bonchev–Trinajstić information content (AvgIpc) is 3.67. The van der Waals surface area contributed by atoms with E-state index in [1.807, 2.05) is 11.3 Å². The highest BCUT2D eigenvalue weighted by Gasteiger charge is 2.35. The first-order chi connectivity index (χ1) is 27.8. The van der Waals surface area contributed by atoms with Gasteiger partial charge in [-0.2, -0.15) is 0 Å². The Balaban J connectivity index is 1.18. The summed E-state index contributed by atoms with van der Waals surface area (Å²) in [7, 11) is 0. The van der Waals surface area contributed by atoms with E-state index in [1.165, 1.54) is 70.3 Å². The third kappa shape index (κ3) is 6.24. The molecule has 0 fully saturated rings. The molecule has 1 aliphatic carbocycles. The van der Waals surface area contributed by atoms with Gasteiger partial charge in [-0.05, 0) is 80.4 Å². The van der Waals surface area contributed by atoms with Crippen LogP contribution in [0.1, 0.15) is 17.0 Å². The summed E-state index contributed by atoms with van der Waals surface area (Å²) in [6.45, 7) is 0. The molecule has 1 heterocycles. The fourth-order valence-corrected chi connectivity index (χ4v) is 9.79. The zero-order valence-electron chi connectivity index (χ0n) is 30.9. The maximum atomic E-state index is 2.57. The van der Waals surface area contributed by atoms with E-state index in [4.69, 9.17) is 0 Å². The molecule has 0 bridgehead atoms. The SMILES string of the molecule is C1=CC(N(c2ccc(-c3ccccc3)cc2)c2cccc(-c3cccc4c3sc3ccccc34)c2)C(c2ccccc2-c2ccccc2)C(c2ccccc2)=C1. The van der Waals surface area contributed by atoms with Gasteiger partial charge in [-0.3, -0.25) is 0 Å². The highest BCUT2D eigenvalue weighted by molar-refractivity contribution is 7.26. The van der Waals surface area contributed by atoms with Gasteiger partial charge < -0.3 is 4.90 Å². The van der Waals surface area contributed by atoms with Crippen LogP contribution >= 0.6 is 11.3 Å². The van der Waals surface area contributed by atoms with Crippen molar-refractivity contribution < 1.29 is 0 Å². The molecule has 1 aromatic heterocycles. The molecule has 2 heteroatoms. The van der Waals surface area contributed by atoms with Crippen molar-refractivity contribution in [2.24, 2.45) is 0 Å². The van der Waals surface area contributed by atoms with Gasteiger partial charge >= 0.3 is 0 Å². The molecule has 0 spiro atoms. The average molecular weight is 734 g/mol. The Morgan fingerprint density at radius 1 is 0.411 bits per heavy atom. The smallest absolute Gasteiger partial charge is 0.0635 e. The van der Waals surface area contributed by atoms with Crippen LogP contribution in [0.2, 0.25) is 0 Å². The van der Waals surface area contributed by atoms with Gasteiger partial charge in [0.15, 0.2) is 0 Å². The van der Waals surface area contributed by atoms with E-state index >= 15 is 0 Å². The Morgan fingerprint density at radius 3 is 1.79 bits per heavy atom. The Kier molecular flexibility index (Phi) is 8.95. The number of hydrogen-bond donors (Lipinski definition) is 0. The van der Waals surface area contributed by atoms with Crippen LogP contribution in [0.5, 0.6) is 0 Å². The number of hydrogen-bond acceptors (Lipinski definition) is 2. The summed E-state index contributed by atoms with van der Waals surface area (Å²) in [5.41, 5.74) is 13.5. The molecule has 0 N–H and O–H groups in total. The van der Waals surface area contributed by atoms with Gasteiger partial charge in [0.05, 0.1) is 6.04 Å². The van der Waals surface area contributed by atoms with E-state index in [0.29, 0.717) is 0 Å². The van der Waals surface area contributed by atoms with Crippen LogP contribution in [0.3, 0.4) is 0 Å². The Bertz CT molecular complexity index is 2850. The highest BCUT2D eigenvalue weighted by atomic mass is 32.1. The highest BCUT2D eigenvalue weighted by Crippen LogP contribution is 2.48. The van der Waals surface area contributed by atoms with Crippen molar-refractivity contribution >= 4 is 48.5 Å². The van der Waals surface area contributed by atoms with Gasteiger partial charge in [-0.15, -0.1) is 11.3 Å². The summed E-state index contributed by atoms with van der Waals surface area (Å²) in [4.78, 5) is 2.57. The second-order valence-corrected chi connectivity index (χ2v) is 15.5. The predicted octanol–water partition coefficient (Wildman–Crippen LogP) is 15.0. The van der Waals surface area contributed by atoms with Crippen LogP contribution in [-0.2, 0) is 0 Å². The van der Waals surface area contributed by atoms with Crippen molar-refractivity contribution in [3.05, 3.63) is 236 Å². The lowest BCUT2D eigenvalue weighted by Gasteiger charge is -2.41. The third-order valence-electron chi connectivity index (χ3n) is 11.1. The maximum absolute atomic E-state index is 2.57. The standard InChI is InChI=1S/C54H39NS/c1-4-17-38(18-5-1)39-33-35-43(36-34-39)55(44-24-14-23-42(37-44)47-29-15-30-50-48-26-12-13-32-52(48)56-54(47)50)51-31-16-28-46(41-21-8-3-9-22-41)53(51)49-27-11-10-25-45(49)40-19-6-2-7-20-40/h1-37,51,53H.